The third-order valence-corrected chi connectivity index (χ3v) is 21.8. The minimum Gasteiger partial charge on any atom is -0.392 e. The Kier molecular flexibility index (Phi) is 49.6. The number of aromatic amines is 1. The van der Waals surface area contributed by atoms with Crippen molar-refractivity contribution in [3.8, 4) is 0 Å². The number of β-amino-alcohol motifs (C(OH)–C–C–N with tert-alkyl or cyclic N) is 1. The summed E-state index contributed by atoms with van der Waals surface area (Å²) in [6.45, 7) is 1.51. The van der Waals surface area contributed by atoms with Crippen LogP contribution in [0, 0.1) is 37.9 Å². The largest absolute Gasteiger partial charge is 0.392 e. The van der Waals surface area contributed by atoms with Crippen molar-refractivity contribution >= 4 is 154 Å². The van der Waals surface area contributed by atoms with Crippen molar-refractivity contribution in [2.24, 2.45) is 51.6 Å². The van der Waals surface area contributed by atoms with Crippen LogP contribution in [-0.2, 0) is 59.3 Å². The number of benzene rings is 1. The topological polar surface area (TPSA) is 863 Å². The number of aromatic nitrogens is 2. The van der Waals surface area contributed by atoms with Crippen LogP contribution in [0.1, 0.15) is 173 Å². The van der Waals surface area contributed by atoms with E-state index >= 15 is 0 Å². The van der Waals surface area contributed by atoms with Crippen LogP contribution in [0.2, 0.25) is 0 Å². The summed E-state index contributed by atoms with van der Waals surface area (Å²) < 4.78 is 2.22. The lowest BCUT2D eigenvalue weighted by Gasteiger charge is -2.28. The molecule has 1 aliphatic heterocycles. The van der Waals surface area contributed by atoms with E-state index in [1.54, 1.807) is 4.90 Å². The molecule has 0 unspecified atom stereocenters. The summed E-state index contributed by atoms with van der Waals surface area (Å²) >= 11 is 4.83. The number of nitrogens with two attached hydrogens (primary N) is 9. The van der Waals surface area contributed by atoms with Gasteiger partial charge in [-0.25, -0.2) is 4.98 Å². The molecule has 51 heteroatoms. The van der Waals surface area contributed by atoms with E-state index in [0.717, 1.165) is 14.6 Å². The Labute approximate surface area is 748 Å². The summed E-state index contributed by atoms with van der Waals surface area (Å²) in [6, 6.07) is -5.86. The number of hydrogen-bond acceptors (Lipinski definition) is 24. The van der Waals surface area contributed by atoms with Gasteiger partial charge in [0.1, 0.15) is 58.9 Å². The molecular formula is C76H133BrN36O13S. The molecule has 1 fully saturated rings. The second-order valence-electron chi connectivity index (χ2n) is 30.6. The SMILES string of the molecule is N=C(N)NCCC[C@@H](NC(=O)CCCCCNC(=O)[C@H]1C[C@H](O)CN1Cc1nc2c(sc3ccc(Br)cc32)c(=O)[nH]1)C(=O)NCCCCCC(=O)N[C@H](CCCNC(=N)N)C(=O)N[C@H](CCCNC(=N)N)C(=O)N[C@H](CCCNC(=N)N)C(=O)N[C@H](CCCNC(=N)N)C(=O)N[C@H](CCCNC(=N)N)C(=O)N[C@H](CCCNC(=N)N)C(=O)N[C@H](CCCCN)C(N)=O. The van der Waals surface area contributed by atoms with E-state index in [1.807, 2.05) is 18.2 Å². The number of halogens is 1. The van der Waals surface area contributed by atoms with Crippen LogP contribution in [0.3, 0.4) is 0 Å². The fraction of sp³-hybridized carbons (Fsp3) is 0.632. The number of thiophene rings is 1. The molecule has 2 aromatic heterocycles. The summed E-state index contributed by atoms with van der Waals surface area (Å²) in [5, 5.41) is 111. The highest BCUT2D eigenvalue weighted by Gasteiger charge is 2.38. The number of guanidine groups is 7. The minimum absolute atomic E-state index is 0.000984. The van der Waals surface area contributed by atoms with Gasteiger partial charge in [-0.2, -0.15) is 0 Å². The number of H-pyrrole nitrogens is 1. The summed E-state index contributed by atoms with van der Waals surface area (Å²) in [5.74, 6) is -10.3. The first-order valence-electron chi connectivity index (χ1n) is 42.5. The van der Waals surface area contributed by atoms with Crippen LogP contribution in [-0.4, -0.2) is 259 Å². The second-order valence-corrected chi connectivity index (χ2v) is 32.6. The summed E-state index contributed by atoms with van der Waals surface area (Å²) in [6.07, 6.45) is 3.17. The first kappa shape index (κ1) is 107. The Morgan fingerprint density at radius 3 is 1.12 bits per heavy atom. The van der Waals surface area contributed by atoms with Crippen molar-refractivity contribution in [1.82, 2.24) is 105 Å². The van der Waals surface area contributed by atoms with Crippen LogP contribution < -0.4 is 148 Å². The lowest BCUT2D eigenvalue weighted by Crippen LogP contribution is -2.60. The average molecular weight is 1870 g/mol. The zero-order valence-corrected chi connectivity index (χ0v) is 74.0. The van der Waals surface area contributed by atoms with Crippen molar-refractivity contribution < 1.29 is 57.8 Å². The third-order valence-electron chi connectivity index (χ3n) is 20.1. The summed E-state index contributed by atoms with van der Waals surface area (Å²) in [4.78, 5) is 177. The first-order chi connectivity index (χ1) is 60.4. The Bertz CT molecular complexity index is 4250. The van der Waals surface area contributed by atoms with Crippen molar-refractivity contribution in [1.29, 1.82) is 37.9 Å². The smallest absolute Gasteiger partial charge is 0.268 e. The predicted molar refractivity (Wildman–Crippen MR) is 485 cm³/mol. The van der Waals surface area contributed by atoms with E-state index < -0.39 is 143 Å². The molecule has 44 N–H and O–H groups in total. The number of unbranched alkanes of at least 4 members (excludes halogenated alkanes) is 5. The van der Waals surface area contributed by atoms with Crippen LogP contribution in [0.4, 0.5) is 0 Å². The molecule has 49 nitrogen and oxygen atoms in total. The lowest BCUT2D eigenvalue weighted by molar-refractivity contribution is -0.136. The van der Waals surface area contributed by atoms with Gasteiger partial charge in [0.2, 0.25) is 65.0 Å². The molecular weight excluding hydrogens is 1740 g/mol. The maximum atomic E-state index is 14.9. The maximum Gasteiger partial charge on any atom is 0.268 e. The van der Waals surface area contributed by atoms with Crippen LogP contribution in [0.5, 0.6) is 0 Å². The number of primary amides is 1. The molecule has 0 spiro atoms. The molecule has 3 aromatic rings. The Hall–Kier alpha value is -12.3. The Morgan fingerprint density at radius 1 is 0.433 bits per heavy atom. The number of amides is 11. The van der Waals surface area contributed by atoms with Gasteiger partial charge in [0, 0.05) is 92.8 Å². The van der Waals surface area contributed by atoms with Crippen LogP contribution in [0.25, 0.3) is 20.3 Å². The normalized spacial score (nSPS) is 14.8. The number of nitrogens with zero attached hydrogens (tertiary/aromatic N) is 2. The Morgan fingerprint density at radius 2 is 0.764 bits per heavy atom. The molecule has 0 saturated carbocycles. The number of carbonyl (C=O) groups excluding carboxylic acids is 11. The van der Waals surface area contributed by atoms with E-state index in [9.17, 15) is 62.6 Å². The lowest BCUT2D eigenvalue weighted by atomic mass is 10.0. The fourth-order valence-corrected chi connectivity index (χ4v) is 15.0. The van der Waals surface area contributed by atoms with Crippen LogP contribution in [0.15, 0.2) is 27.5 Å². The van der Waals surface area contributed by atoms with Gasteiger partial charge in [-0.15, -0.1) is 11.3 Å². The Balaban J connectivity index is 1.45. The number of carbonyl (C=O) groups is 11. The van der Waals surface area contributed by atoms with Crippen molar-refractivity contribution in [3.63, 3.8) is 0 Å². The number of likely N-dealkylation sites (tertiary alicyclic amines) is 1. The number of fused-ring (bicyclic) bond motifs is 3. The number of nitrogens with one attached hydrogen (secondary N) is 25. The van der Waals surface area contributed by atoms with Gasteiger partial charge in [0.25, 0.3) is 5.56 Å². The van der Waals surface area contributed by atoms with Gasteiger partial charge in [-0.1, -0.05) is 28.8 Å². The molecule has 1 aromatic carbocycles. The molecule has 4 rings (SSSR count). The molecule has 0 aliphatic carbocycles. The highest BCUT2D eigenvalue weighted by molar-refractivity contribution is 9.10. The van der Waals surface area contributed by atoms with Gasteiger partial charge in [-0.3, -0.25) is 100 Å². The van der Waals surface area contributed by atoms with Gasteiger partial charge in [-0.05, 0) is 166 Å². The van der Waals surface area contributed by atoms with Crippen molar-refractivity contribution in [3.05, 3.63) is 38.9 Å². The average Bonchev–Trinajstić information content (AvgIpc) is 1.62. The third kappa shape index (κ3) is 43.5. The van der Waals surface area contributed by atoms with E-state index in [-0.39, 0.29) is 217 Å². The monoisotopic (exact) mass is 1870 g/mol. The molecule has 3 heterocycles. The van der Waals surface area contributed by atoms with Gasteiger partial charge in [0.05, 0.1) is 24.2 Å². The minimum atomic E-state index is -1.54. The first-order valence-corrected chi connectivity index (χ1v) is 44.1. The highest BCUT2D eigenvalue weighted by atomic mass is 79.9. The van der Waals surface area contributed by atoms with E-state index in [1.165, 1.54) is 11.3 Å². The predicted octanol–water partition coefficient (Wildman–Crippen LogP) is -6.48. The van der Waals surface area contributed by atoms with Crippen molar-refractivity contribution in [2.45, 2.75) is 234 Å². The molecule has 1 saturated heterocycles. The number of aliphatic hydroxyl groups excluding tert-OH is 1. The molecule has 127 heavy (non-hydrogen) atoms. The zero-order valence-electron chi connectivity index (χ0n) is 71.6. The maximum absolute atomic E-state index is 14.9. The zero-order chi connectivity index (χ0) is 93.9. The van der Waals surface area contributed by atoms with Gasteiger partial charge >= 0.3 is 0 Å². The fourth-order valence-electron chi connectivity index (χ4n) is 13.6. The van der Waals surface area contributed by atoms with Crippen molar-refractivity contribution in [2.75, 3.05) is 72.0 Å². The van der Waals surface area contributed by atoms with E-state index in [2.05, 4.69) is 111 Å². The highest BCUT2D eigenvalue weighted by Crippen LogP contribution is 2.33. The summed E-state index contributed by atoms with van der Waals surface area (Å²) in [5.41, 5.74) is 50.3. The molecule has 11 amide bonds. The molecule has 0 radical (unpaired) electrons. The molecule has 1 aliphatic rings. The summed E-state index contributed by atoms with van der Waals surface area (Å²) in [7, 11) is 0. The molecule has 0 bridgehead atoms. The number of rotatable bonds is 63. The van der Waals surface area contributed by atoms with E-state index in [0.29, 0.717) is 74.0 Å². The quantitative estimate of drug-likeness (QED) is 0.0142. The standard InChI is InChI=1S/C76H133BrN36O13S/c77-42-26-27-54-44(38-42)58-59(127-54)69(126)112-55(111-58)41-113-40-43(114)39-53(113)68(125)95-30-8-2-4-24-56(115)103-46(17-9-31-96-70(80)81)61(118)94-29-7-1-3-25-57(116)104-47(18-10-32-97-71(82)83)62(119)106-49(20-12-34-99-73(86)87)64(121)108-51(22-14-36-101-75(90)91)66(123)110-52(23-15-37-102-76(92)93)67(124)109-50(21-13-35-100-74(88)89)65(122)107-48(19-11-33-98-72(84)85)63(120)105-45(60(79)117)16-5-6-28-78/h26-27,38,43,45-53,114H,1-25,28-37,39-41,78H2,(H2,79,117)(H,94,118)(H,95,125)(H,103,115)(H,104,116)(H,105,120)(H,106,119)(H,107,122)(H,108,121)(H,109,124)(H,110,123)(H4,80,81,96)(H4,82,83,97)(H4,84,85,98)(H4,86,87,99)(H4,88,89,100)(H4,90,91,101)(H4,92,93,102)(H,111,112,126)/t43-,45+,46+,47+,48+,49+,50+,51+,52+,53+/m0/s1. The van der Waals surface area contributed by atoms with Gasteiger partial charge in [0.15, 0.2) is 41.7 Å². The van der Waals surface area contributed by atoms with Gasteiger partial charge < -0.3 is 152 Å². The molecule has 708 valence electrons. The molecule has 10 atom stereocenters. The van der Waals surface area contributed by atoms with Crippen LogP contribution >= 0.6 is 27.3 Å². The number of hydrogen-bond donors (Lipinski definition) is 35. The van der Waals surface area contributed by atoms with E-state index in [4.69, 9.17) is 94.5 Å². The second kappa shape index (κ2) is 58.8. The number of aliphatic hydroxyl groups is 1.